The van der Waals surface area contributed by atoms with Gasteiger partial charge in [-0.05, 0) is 23.3 Å². The fraction of sp³-hybridized carbons (Fsp3) is 0.188. The van der Waals surface area contributed by atoms with Crippen LogP contribution in [0.25, 0.3) is 0 Å². The Balaban J connectivity index is 1.94. The molecule has 1 aliphatic rings. The van der Waals surface area contributed by atoms with Crippen molar-refractivity contribution in [2.75, 3.05) is 11.9 Å². The third kappa shape index (κ3) is 2.24. The van der Waals surface area contributed by atoms with Crippen LogP contribution in [0.1, 0.15) is 22.7 Å². The Morgan fingerprint density at radius 2 is 2.05 bits per heavy atom. The normalized spacial score (nSPS) is 17.1. The molecule has 1 unspecified atom stereocenters. The van der Waals surface area contributed by atoms with Gasteiger partial charge in [-0.15, -0.1) is 0 Å². The zero-order chi connectivity index (χ0) is 13.9. The van der Waals surface area contributed by atoms with E-state index in [-0.39, 0.29) is 11.6 Å². The zero-order valence-corrected chi connectivity index (χ0v) is 10.8. The number of hydrogen-bond acceptors (Lipinski definition) is 3. The van der Waals surface area contributed by atoms with Crippen LogP contribution >= 0.6 is 0 Å². The molecule has 0 aliphatic carbocycles. The summed E-state index contributed by atoms with van der Waals surface area (Å²) in [4.78, 5) is 0. The van der Waals surface area contributed by atoms with E-state index in [0.717, 1.165) is 11.1 Å². The highest BCUT2D eigenvalue weighted by molar-refractivity contribution is 5.59. The Kier molecular flexibility index (Phi) is 3.36. The molecule has 0 aromatic heterocycles. The van der Waals surface area contributed by atoms with Gasteiger partial charge in [-0.25, -0.2) is 4.39 Å². The van der Waals surface area contributed by atoms with Gasteiger partial charge >= 0.3 is 0 Å². The molecule has 0 spiro atoms. The van der Waals surface area contributed by atoms with E-state index >= 15 is 0 Å². The van der Waals surface area contributed by atoms with Gasteiger partial charge in [0.2, 0.25) is 0 Å². The van der Waals surface area contributed by atoms with Crippen LogP contribution in [0, 0.1) is 17.1 Å². The average molecular weight is 268 g/mol. The number of anilines is 1. The third-order valence-electron chi connectivity index (χ3n) is 3.43. The predicted molar refractivity (Wildman–Crippen MR) is 73.6 cm³/mol. The largest absolute Gasteiger partial charge is 0.375 e. The minimum atomic E-state index is -0.512. The fourth-order valence-corrected chi connectivity index (χ4v) is 2.45. The van der Waals surface area contributed by atoms with Crippen molar-refractivity contribution in [2.24, 2.45) is 0 Å². The van der Waals surface area contributed by atoms with E-state index in [1.54, 1.807) is 12.1 Å². The highest BCUT2D eigenvalue weighted by Crippen LogP contribution is 2.29. The summed E-state index contributed by atoms with van der Waals surface area (Å²) in [6, 6.07) is 14.4. The number of rotatable bonds is 2. The molecule has 1 heterocycles. The number of halogens is 1. The number of fused-ring (bicyclic) bond motifs is 1. The van der Waals surface area contributed by atoms with E-state index in [0.29, 0.717) is 18.9 Å². The van der Waals surface area contributed by atoms with E-state index in [2.05, 4.69) is 5.32 Å². The van der Waals surface area contributed by atoms with Gasteiger partial charge in [-0.2, -0.15) is 5.26 Å². The number of nitrogens with zero attached hydrogens (tertiary/aromatic N) is 1. The van der Waals surface area contributed by atoms with E-state index in [4.69, 9.17) is 10.00 Å². The highest BCUT2D eigenvalue weighted by Gasteiger charge is 2.21. The second-order valence-electron chi connectivity index (χ2n) is 4.69. The van der Waals surface area contributed by atoms with E-state index in [9.17, 15) is 4.39 Å². The zero-order valence-electron chi connectivity index (χ0n) is 10.8. The molecule has 2 aromatic rings. The lowest BCUT2D eigenvalue weighted by Crippen LogP contribution is -2.23. The predicted octanol–water partition coefficient (Wildman–Crippen LogP) is 3.38. The van der Waals surface area contributed by atoms with Gasteiger partial charge in [-0.3, -0.25) is 0 Å². The van der Waals surface area contributed by atoms with Crippen LogP contribution in [0.4, 0.5) is 10.1 Å². The minimum absolute atomic E-state index is 0.0376. The maximum absolute atomic E-state index is 13.6. The molecule has 20 heavy (non-hydrogen) atoms. The summed E-state index contributed by atoms with van der Waals surface area (Å²) in [5.41, 5.74) is 2.78. The molecule has 0 saturated heterocycles. The molecule has 1 atom stereocenters. The molecule has 0 bridgehead atoms. The first-order valence-corrected chi connectivity index (χ1v) is 6.40. The van der Waals surface area contributed by atoms with Crippen molar-refractivity contribution in [3.63, 3.8) is 0 Å². The minimum Gasteiger partial charge on any atom is -0.375 e. The fourth-order valence-electron chi connectivity index (χ4n) is 2.45. The van der Waals surface area contributed by atoms with Crippen molar-refractivity contribution in [3.05, 3.63) is 65.0 Å². The molecule has 0 amide bonds. The van der Waals surface area contributed by atoms with Gasteiger partial charge < -0.3 is 10.1 Å². The maximum atomic E-state index is 13.6. The first-order valence-electron chi connectivity index (χ1n) is 6.40. The summed E-state index contributed by atoms with van der Waals surface area (Å²) in [6.07, 6.45) is 0. The summed E-state index contributed by atoms with van der Waals surface area (Å²) in [6.45, 7) is 1.08. The van der Waals surface area contributed by atoms with Crippen molar-refractivity contribution in [1.29, 1.82) is 5.26 Å². The lowest BCUT2D eigenvalue weighted by molar-refractivity contribution is 0.0970. The van der Waals surface area contributed by atoms with Crippen LogP contribution in [-0.2, 0) is 11.3 Å². The highest BCUT2D eigenvalue weighted by atomic mass is 19.1. The van der Waals surface area contributed by atoms with Crippen LogP contribution in [-0.4, -0.2) is 6.61 Å². The first-order chi connectivity index (χ1) is 9.79. The molecular weight excluding hydrogens is 255 g/mol. The topological polar surface area (TPSA) is 45.0 Å². The smallest absolute Gasteiger partial charge is 0.143 e. The molecule has 1 aliphatic heterocycles. The van der Waals surface area contributed by atoms with Gasteiger partial charge in [-0.1, -0.05) is 30.3 Å². The van der Waals surface area contributed by atoms with E-state index < -0.39 is 5.82 Å². The molecular formula is C16H13FN2O. The van der Waals surface area contributed by atoms with Crippen molar-refractivity contribution in [2.45, 2.75) is 12.6 Å². The molecule has 0 radical (unpaired) electrons. The molecule has 3 rings (SSSR count). The van der Waals surface area contributed by atoms with Crippen LogP contribution in [0.2, 0.25) is 0 Å². The monoisotopic (exact) mass is 268 g/mol. The van der Waals surface area contributed by atoms with Crippen molar-refractivity contribution in [3.8, 4) is 6.07 Å². The second-order valence-corrected chi connectivity index (χ2v) is 4.69. The Morgan fingerprint density at radius 3 is 2.90 bits per heavy atom. The maximum Gasteiger partial charge on any atom is 0.143 e. The van der Waals surface area contributed by atoms with Crippen molar-refractivity contribution in [1.82, 2.24) is 0 Å². The molecule has 0 fully saturated rings. The van der Waals surface area contributed by atoms with E-state index in [1.807, 2.05) is 30.3 Å². The average Bonchev–Trinajstić information content (AvgIpc) is 2.48. The number of benzene rings is 2. The second kappa shape index (κ2) is 5.32. The number of nitriles is 1. The van der Waals surface area contributed by atoms with Gasteiger partial charge in [0, 0.05) is 0 Å². The van der Waals surface area contributed by atoms with Gasteiger partial charge in [0.25, 0.3) is 0 Å². The Labute approximate surface area is 116 Å². The quantitative estimate of drug-likeness (QED) is 0.908. The lowest BCUT2D eigenvalue weighted by atomic mass is 9.98. The van der Waals surface area contributed by atoms with Gasteiger partial charge in [0.15, 0.2) is 0 Å². The molecule has 4 heteroatoms. The van der Waals surface area contributed by atoms with Crippen molar-refractivity contribution < 1.29 is 9.13 Å². The summed E-state index contributed by atoms with van der Waals surface area (Å²) in [5.74, 6) is -0.512. The molecule has 100 valence electrons. The Hall–Kier alpha value is -2.38. The lowest BCUT2D eigenvalue weighted by Gasteiger charge is -2.27. The summed E-state index contributed by atoms with van der Waals surface area (Å²) >= 11 is 0. The van der Waals surface area contributed by atoms with Gasteiger partial charge in [0.05, 0.1) is 24.9 Å². The number of nitrogens with one attached hydrogen (secondary N) is 1. The summed E-state index contributed by atoms with van der Waals surface area (Å²) in [7, 11) is 0. The van der Waals surface area contributed by atoms with Crippen LogP contribution in [0.3, 0.4) is 0 Å². The van der Waals surface area contributed by atoms with Crippen LogP contribution in [0.5, 0.6) is 0 Å². The van der Waals surface area contributed by atoms with Crippen LogP contribution in [0.15, 0.2) is 42.5 Å². The summed E-state index contributed by atoms with van der Waals surface area (Å²) in [5, 5.41) is 12.3. The Morgan fingerprint density at radius 1 is 1.20 bits per heavy atom. The SMILES string of the molecule is N#Cc1c(F)cccc1NC1COCc2ccccc21. The summed E-state index contributed by atoms with van der Waals surface area (Å²) < 4.78 is 19.2. The van der Waals surface area contributed by atoms with E-state index in [1.165, 1.54) is 6.07 Å². The first kappa shape index (κ1) is 12.6. The molecule has 3 nitrogen and oxygen atoms in total. The molecule has 0 saturated carbocycles. The molecule has 1 N–H and O–H groups in total. The van der Waals surface area contributed by atoms with Crippen LogP contribution < -0.4 is 5.32 Å². The third-order valence-corrected chi connectivity index (χ3v) is 3.43. The number of ether oxygens (including phenoxy) is 1. The number of hydrogen-bond donors (Lipinski definition) is 1. The Bertz CT molecular complexity index is 678. The standard InChI is InChI=1S/C16H13FN2O/c17-14-6-3-7-15(13(14)8-18)19-16-10-20-9-11-4-1-2-5-12(11)16/h1-7,16,19H,9-10H2. The van der Waals surface area contributed by atoms with Gasteiger partial charge in [0.1, 0.15) is 17.4 Å². The van der Waals surface area contributed by atoms with Crippen molar-refractivity contribution >= 4 is 5.69 Å². The molecule has 2 aromatic carbocycles.